The van der Waals surface area contributed by atoms with E-state index in [1.165, 1.54) is 10.6 Å². The van der Waals surface area contributed by atoms with Crippen LogP contribution in [-0.2, 0) is 0 Å². The highest BCUT2D eigenvalue weighted by atomic mass is 35.5. The lowest BCUT2D eigenvalue weighted by molar-refractivity contribution is -0.926. The van der Waals surface area contributed by atoms with Crippen molar-refractivity contribution in [2.24, 2.45) is 0 Å². The van der Waals surface area contributed by atoms with Crippen LogP contribution in [-0.4, -0.2) is 57.6 Å². The van der Waals surface area contributed by atoms with Crippen LogP contribution in [0.5, 0.6) is 23.0 Å². The molecule has 1 aliphatic rings. The Hall–Kier alpha value is -3.68. The number of nitrogens with zero attached hydrogens (tertiary/aromatic N) is 2. The highest BCUT2D eigenvalue weighted by Gasteiger charge is 2.34. The Bertz CT molecular complexity index is 1370. The van der Waals surface area contributed by atoms with Crippen molar-refractivity contribution in [3.05, 3.63) is 83.0 Å². The van der Waals surface area contributed by atoms with Crippen LogP contribution in [0.2, 0.25) is 5.02 Å². The standard InChI is InChI=1S/C29H30ClN3O4/c1-35-24-16-19(17-25(36-2)29(24)37-3)27(22-18-23(30)21-10-7-11-31-26(21)28(22)34)33-14-12-32(13-15-33)20-8-5-4-6-9-20/h4-11,16-18,27,34H,12-15H2,1-3H3/p+1. The maximum atomic E-state index is 11.5. The van der Waals surface area contributed by atoms with Crippen LogP contribution in [0.3, 0.4) is 0 Å². The molecular formula is C29H31ClN3O4+. The van der Waals surface area contributed by atoms with Crippen molar-refractivity contribution in [1.29, 1.82) is 0 Å². The Morgan fingerprint density at radius 3 is 2.22 bits per heavy atom. The summed E-state index contributed by atoms with van der Waals surface area (Å²) < 4.78 is 16.9. The number of fused-ring (bicyclic) bond motifs is 1. The molecule has 4 aromatic rings. The van der Waals surface area contributed by atoms with Crippen molar-refractivity contribution in [1.82, 2.24) is 4.98 Å². The minimum absolute atomic E-state index is 0.136. The number of aromatic nitrogens is 1. The van der Waals surface area contributed by atoms with Crippen molar-refractivity contribution >= 4 is 28.2 Å². The molecular weight excluding hydrogens is 490 g/mol. The van der Waals surface area contributed by atoms with Crippen LogP contribution in [0.4, 0.5) is 5.69 Å². The van der Waals surface area contributed by atoms with E-state index in [9.17, 15) is 5.11 Å². The van der Waals surface area contributed by atoms with E-state index in [2.05, 4.69) is 34.1 Å². The fraction of sp³-hybridized carbons (Fsp3) is 0.276. The molecule has 1 unspecified atom stereocenters. The zero-order chi connectivity index (χ0) is 25.9. The number of para-hydroxylation sites is 1. The molecule has 0 spiro atoms. The van der Waals surface area contributed by atoms with Crippen LogP contribution < -0.4 is 24.0 Å². The molecule has 2 N–H and O–H groups in total. The first-order valence-corrected chi connectivity index (χ1v) is 12.6. The number of rotatable bonds is 7. The normalized spacial score (nSPS) is 15.0. The summed E-state index contributed by atoms with van der Waals surface area (Å²) in [7, 11) is 4.80. The third kappa shape index (κ3) is 4.72. The molecule has 0 saturated carbocycles. The first-order valence-electron chi connectivity index (χ1n) is 12.3. The molecule has 0 radical (unpaired) electrons. The minimum Gasteiger partial charge on any atom is -0.505 e. The Kier molecular flexibility index (Phi) is 7.26. The Morgan fingerprint density at radius 1 is 0.919 bits per heavy atom. The van der Waals surface area contributed by atoms with E-state index < -0.39 is 0 Å². The van der Waals surface area contributed by atoms with Gasteiger partial charge in [-0.25, -0.2) is 0 Å². The van der Waals surface area contributed by atoms with Crippen LogP contribution >= 0.6 is 11.6 Å². The van der Waals surface area contributed by atoms with E-state index in [-0.39, 0.29) is 11.8 Å². The van der Waals surface area contributed by atoms with Gasteiger partial charge in [0.1, 0.15) is 11.6 Å². The molecule has 3 aromatic carbocycles. The van der Waals surface area contributed by atoms with Gasteiger partial charge in [0.05, 0.1) is 58.1 Å². The second-order valence-corrected chi connectivity index (χ2v) is 9.48. The molecule has 7 nitrogen and oxygen atoms in total. The van der Waals surface area contributed by atoms with E-state index in [1.807, 2.05) is 36.4 Å². The molecule has 1 aromatic heterocycles. The Balaban J connectivity index is 1.62. The Morgan fingerprint density at radius 2 is 1.59 bits per heavy atom. The average Bonchev–Trinajstić information content (AvgIpc) is 2.96. The van der Waals surface area contributed by atoms with Gasteiger partial charge in [-0.05, 0) is 42.5 Å². The first-order chi connectivity index (χ1) is 18.0. The summed E-state index contributed by atoms with van der Waals surface area (Å²) in [6.45, 7) is 3.46. The molecule has 1 saturated heterocycles. The summed E-state index contributed by atoms with van der Waals surface area (Å²) in [6.07, 6.45) is 1.67. The van der Waals surface area contributed by atoms with Crippen molar-refractivity contribution in [2.45, 2.75) is 6.04 Å². The molecule has 37 heavy (non-hydrogen) atoms. The quantitative estimate of drug-likeness (QED) is 0.382. The van der Waals surface area contributed by atoms with Crippen molar-refractivity contribution in [2.75, 3.05) is 52.4 Å². The van der Waals surface area contributed by atoms with Gasteiger partial charge in [-0.15, -0.1) is 0 Å². The van der Waals surface area contributed by atoms with Gasteiger partial charge in [-0.2, -0.15) is 0 Å². The molecule has 0 aliphatic carbocycles. The number of hydrogen-bond donors (Lipinski definition) is 2. The topological polar surface area (TPSA) is 68.5 Å². The highest BCUT2D eigenvalue weighted by Crippen LogP contribution is 2.43. The molecule has 8 heteroatoms. The molecule has 0 amide bonds. The summed E-state index contributed by atoms with van der Waals surface area (Å²) in [5, 5.41) is 12.8. The fourth-order valence-electron chi connectivity index (χ4n) is 5.31. The number of phenols is 1. The number of benzene rings is 3. The monoisotopic (exact) mass is 520 g/mol. The van der Waals surface area contributed by atoms with E-state index in [4.69, 9.17) is 25.8 Å². The molecule has 1 atom stereocenters. The van der Waals surface area contributed by atoms with E-state index in [0.29, 0.717) is 33.4 Å². The van der Waals surface area contributed by atoms with E-state index >= 15 is 0 Å². The lowest BCUT2D eigenvalue weighted by Crippen LogP contribution is -3.15. The number of anilines is 1. The number of methoxy groups -OCH3 is 3. The number of piperazine rings is 1. The minimum atomic E-state index is -0.240. The van der Waals surface area contributed by atoms with Crippen molar-refractivity contribution in [3.63, 3.8) is 0 Å². The SMILES string of the molecule is COc1cc(C(c2cc(Cl)c3cccnc3c2O)[NH+]2CCN(c3ccccc3)CC2)cc(OC)c1OC. The molecule has 0 bridgehead atoms. The van der Waals surface area contributed by atoms with Crippen LogP contribution in [0, 0.1) is 0 Å². The third-order valence-electron chi connectivity index (χ3n) is 7.11. The number of phenolic OH excluding ortho intramolecular Hbond substituents is 1. The Labute approximate surface area is 221 Å². The number of ether oxygens (including phenoxy) is 3. The lowest BCUT2D eigenvalue weighted by Gasteiger charge is -2.38. The summed E-state index contributed by atoms with van der Waals surface area (Å²) in [4.78, 5) is 8.14. The average molecular weight is 521 g/mol. The van der Waals surface area contributed by atoms with Crippen LogP contribution in [0.15, 0.2) is 66.9 Å². The second-order valence-electron chi connectivity index (χ2n) is 9.07. The number of hydrogen-bond acceptors (Lipinski definition) is 6. The van der Waals surface area contributed by atoms with Crippen molar-refractivity contribution < 1.29 is 24.2 Å². The number of aromatic hydroxyl groups is 1. The van der Waals surface area contributed by atoms with Gasteiger partial charge in [0, 0.05) is 22.8 Å². The van der Waals surface area contributed by atoms with Gasteiger partial charge in [-0.3, -0.25) is 4.98 Å². The van der Waals surface area contributed by atoms with Crippen LogP contribution in [0.1, 0.15) is 17.2 Å². The molecule has 5 rings (SSSR count). The molecule has 2 heterocycles. The number of nitrogens with one attached hydrogen (secondary N) is 1. The number of halogens is 1. The van der Waals surface area contributed by atoms with E-state index in [0.717, 1.165) is 37.1 Å². The molecule has 1 fully saturated rings. The lowest BCUT2D eigenvalue weighted by atomic mass is 9.93. The predicted molar refractivity (Wildman–Crippen MR) is 146 cm³/mol. The van der Waals surface area contributed by atoms with Gasteiger partial charge in [0.2, 0.25) is 5.75 Å². The number of quaternary nitrogens is 1. The number of pyridine rings is 1. The summed E-state index contributed by atoms with van der Waals surface area (Å²) >= 11 is 6.73. The zero-order valence-corrected chi connectivity index (χ0v) is 22.0. The maximum Gasteiger partial charge on any atom is 0.203 e. The summed E-state index contributed by atoms with van der Waals surface area (Å²) in [6, 6.07) is 19.7. The first kappa shape index (κ1) is 25.0. The van der Waals surface area contributed by atoms with Gasteiger partial charge < -0.3 is 29.1 Å². The molecule has 192 valence electrons. The van der Waals surface area contributed by atoms with Gasteiger partial charge in [0.25, 0.3) is 0 Å². The summed E-state index contributed by atoms with van der Waals surface area (Å²) in [5.74, 6) is 1.79. The largest absolute Gasteiger partial charge is 0.505 e. The van der Waals surface area contributed by atoms with Crippen LogP contribution in [0.25, 0.3) is 10.9 Å². The smallest absolute Gasteiger partial charge is 0.203 e. The van der Waals surface area contributed by atoms with Crippen molar-refractivity contribution in [3.8, 4) is 23.0 Å². The molecule has 1 aliphatic heterocycles. The maximum absolute atomic E-state index is 11.5. The van der Waals surface area contributed by atoms with Gasteiger partial charge >= 0.3 is 0 Å². The summed E-state index contributed by atoms with van der Waals surface area (Å²) in [5.41, 5.74) is 3.35. The van der Waals surface area contributed by atoms with E-state index in [1.54, 1.807) is 27.5 Å². The van der Waals surface area contributed by atoms with Gasteiger partial charge in [0.15, 0.2) is 17.2 Å². The predicted octanol–water partition coefficient (Wildman–Crippen LogP) is 4.11. The third-order valence-corrected chi connectivity index (χ3v) is 7.42. The second kappa shape index (κ2) is 10.7. The highest BCUT2D eigenvalue weighted by molar-refractivity contribution is 6.35. The fourth-order valence-corrected chi connectivity index (χ4v) is 5.58. The zero-order valence-electron chi connectivity index (χ0n) is 21.2. The van der Waals surface area contributed by atoms with Gasteiger partial charge in [-0.1, -0.05) is 29.8 Å².